The topological polar surface area (TPSA) is 38.5 Å². The Morgan fingerprint density at radius 3 is 2.93 bits per heavy atom. The van der Waals surface area contributed by atoms with Crippen molar-refractivity contribution >= 4 is 0 Å². The van der Waals surface area contributed by atoms with Gasteiger partial charge < -0.3 is 10.5 Å². The Morgan fingerprint density at radius 2 is 2.21 bits per heavy atom. The molecule has 80 valence electrons. The van der Waals surface area contributed by atoms with E-state index < -0.39 is 0 Å². The van der Waals surface area contributed by atoms with Crippen LogP contribution in [0.2, 0.25) is 0 Å². The number of hydrogen-bond donors (Lipinski definition) is 1. The van der Waals surface area contributed by atoms with Crippen molar-refractivity contribution in [1.29, 1.82) is 0 Å². The predicted molar refractivity (Wildman–Crippen MR) is 55.0 cm³/mol. The van der Waals surface area contributed by atoms with Crippen molar-refractivity contribution in [2.75, 3.05) is 19.7 Å². The van der Waals surface area contributed by atoms with Gasteiger partial charge in [-0.1, -0.05) is 13.3 Å². The standard InChI is InChI=1S/C11H20N2O/c1-2-7-5-13(6-7)10-9(12)8-3-4-14-11(8)10/h7-11H,2-6,12H2,1H3. The van der Waals surface area contributed by atoms with E-state index in [9.17, 15) is 0 Å². The zero-order valence-corrected chi connectivity index (χ0v) is 8.86. The van der Waals surface area contributed by atoms with Crippen LogP contribution in [0.4, 0.5) is 0 Å². The highest BCUT2D eigenvalue weighted by Gasteiger charge is 2.55. The second-order valence-electron chi connectivity index (χ2n) is 5.08. The fourth-order valence-electron chi connectivity index (χ4n) is 3.28. The maximum atomic E-state index is 6.18. The molecule has 0 aromatic heterocycles. The van der Waals surface area contributed by atoms with Crippen LogP contribution in [0, 0.1) is 11.8 Å². The molecule has 2 saturated heterocycles. The lowest BCUT2D eigenvalue weighted by molar-refractivity contribution is -0.109. The van der Waals surface area contributed by atoms with Crippen LogP contribution in [0.1, 0.15) is 19.8 Å². The van der Waals surface area contributed by atoms with Gasteiger partial charge in [0.2, 0.25) is 0 Å². The highest BCUT2D eigenvalue weighted by molar-refractivity contribution is 5.11. The minimum Gasteiger partial charge on any atom is -0.376 e. The summed E-state index contributed by atoms with van der Waals surface area (Å²) in [6.45, 7) is 5.71. The van der Waals surface area contributed by atoms with E-state index in [-0.39, 0.29) is 0 Å². The normalized spacial score (nSPS) is 48.4. The average Bonchev–Trinajstić information content (AvgIpc) is 2.54. The van der Waals surface area contributed by atoms with Crippen LogP contribution >= 0.6 is 0 Å². The van der Waals surface area contributed by atoms with Crippen LogP contribution < -0.4 is 5.73 Å². The molecule has 0 amide bonds. The van der Waals surface area contributed by atoms with E-state index in [1.807, 2.05) is 0 Å². The molecule has 3 nitrogen and oxygen atoms in total. The molecule has 2 aliphatic heterocycles. The van der Waals surface area contributed by atoms with E-state index >= 15 is 0 Å². The van der Waals surface area contributed by atoms with Gasteiger partial charge in [-0.15, -0.1) is 0 Å². The fraction of sp³-hybridized carbons (Fsp3) is 1.00. The van der Waals surface area contributed by atoms with Gasteiger partial charge in [0.15, 0.2) is 0 Å². The van der Waals surface area contributed by atoms with Crippen molar-refractivity contribution in [2.45, 2.75) is 38.0 Å². The molecule has 0 aromatic carbocycles. The Hall–Kier alpha value is -0.120. The summed E-state index contributed by atoms with van der Waals surface area (Å²) in [5.74, 6) is 1.59. The maximum absolute atomic E-state index is 6.18. The second-order valence-corrected chi connectivity index (χ2v) is 5.08. The smallest absolute Gasteiger partial charge is 0.0789 e. The molecule has 2 heterocycles. The third-order valence-corrected chi connectivity index (χ3v) is 4.39. The number of nitrogens with zero attached hydrogens (tertiary/aromatic N) is 1. The van der Waals surface area contributed by atoms with Gasteiger partial charge in [-0.25, -0.2) is 0 Å². The van der Waals surface area contributed by atoms with Crippen LogP contribution in [0.25, 0.3) is 0 Å². The molecule has 14 heavy (non-hydrogen) atoms. The first kappa shape index (κ1) is 9.13. The van der Waals surface area contributed by atoms with Crippen molar-refractivity contribution in [3.05, 3.63) is 0 Å². The highest BCUT2D eigenvalue weighted by atomic mass is 16.5. The van der Waals surface area contributed by atoms with Gasteiger partial charge in [-0.05, 0) is 12.3 Å². The largest absolute Gasteiger partial charge is 0.376 e. The average molecular weight is 196 g/mol. The zero-order chi connectivity index (χ0) is 9.71. The molecule has 1 saturated carbocycles. The zero-order valence-electron chi connectivity index (χ0n) is 8.86. The summed E-state index contributed by atoms with van der Waals surface area (Å²) in [7, 11) is 0. The Labute approximate surface area is 85.6 Å². The van der Waals surface area contributed by atoms with Gasteiger partial charge in [0.25, 0.3) is 0 Å². The molecule has 1 aliphatic carbocycles. The highest BCUT2D eigenvalue weighted by Crippen LogP contribution is 2.42. The predicted octanol–water partition coefficient (Wildman–Crippen LogP) is 0.443. The Morgan fingerprint density at radius 1 is 1.43 bits per heavy atom. The van der Waals surface area contributed by atoms with Gasteiger partial charge in [0.05, 0.1) is 12.1 Å². The minimum atomic E-state index is 0.389. The molecule has 4 atom stereocenters. The van der Waals surface area contributed by atoms with Crippen molar-refractivity contribution in [3.8, 4) is 0 Å². The number of nitrogens with two attached hydrogens (primary N) is 1. The molecule has 0 spiro atoms. The number of fused-ring (bicyclic) bond motifs is 1. The fourth-order valence-corrected chi connectivity index (χ4v) is 3.28. The first-order chi connectivity index (χ1) is 6.81. The second kappa shape index (κ2) is 3.19. The molecule has 0 radical (unpaired) electrons. The number of rotatable bonds is 2. The van der Waals surface area contributed by atoms with E-state index in [0.717, 1.165) is 12.5 Å². The van der Waals surface area contributed by atoms with Crippen LogP contribution in [0.5, 0.6) is 0 Å². The lowest BCUT2D eigenvalue weighted by Crippen LogP contribution is -2.72. The lowest BCUT2D eigenvalue weighted by atomic mass is 9.70. The van der Waals surface area contributed by atoms with Crippen molar-refractivity contribution in [3.63, 3.8) is 0 Å². The van der Waals surface area contributed by atoms with Crippen LogP contribution in [-0.4, -0.2) is 42.8 Å². The molecule has 3 rings (SSSR count). The summed E-state index contributed by atoms with van der Waals surface area (Å²) in [4.78, 5) is 2.53. The van der Waals surface area contributed by atoms with Gasteiger partial charge in [0, 0.05) is 31.7 Å². The summed E-state index contributed by atoms with van der Waals surface area (Å²) in [6, 6.07) is 0.936. The quantitative estimate of drug-likeness (QED) is 0.696. The Kier molecular flexibility index (Phi) is 2.08. The van der Waals surface area contributed by atoms with Gasteiger partial charge >= 0.3 is 0 Å². The number of likely N-dealkylation sites (tertiary alicyclic amines) is 1. The first-order valence-electron chi connectivity index (χ1n) is 5.92. The van der Waals surface area contributed by atoms with E-state index in [0.29, 0.717) is 24.1 Å². The molecule has 3 heteroatoms. The van der Waals surface area contributed by atoms with E-state index in [1.165, 1.54) is 25.9 Å². The Bertz CT molecular complexity index is 227. The summed E-state index contributed by atoms with van der Waals surface area (Å²) < 4.78 is 5.74. The Balaban J connectivity index is 1.59. The van der Waals surface area contributed by atoms with Crippen molar-refractivity contribution in [1.82, 2.24) is 4.90 Å². The molecular formula is C11H20N2O. The first-order valence-corrected chi connectivity index (χ1v) is 5.92. The molecule has 0 bridgehead atoms. The number of hydrogen-bond acceptors (Lipinski definition) is 3. The van der Waals surface area contributed by atoms with Crippen molar-refractivity contribution < 1.29 is 4.74 Å². The maximum Gasteiger partial charge on any atom is 0.0789 e. The van der Waals surface area contributed by atoms with Gasteiger partial charge in [-0.2, -0.15) is 0 Å². The number of ether oxygens (including phenoxy) is 1. The van der Waals surface area contributed by atoms with Crippen LogP contribution in [-0.2, 0) is 4.74 Å². The molecule has 4 unspecified atom stereocenters. The molecule has 0 aromatic rings. The van der Waals surface area contributed by atoms with Gasteiger partial charge in [-0.3, -0.25) is 4.90 Å². The van der Waals surface area contributed by atoms with E-state index in [4.69, 9.17) is 10.5 Å². The van der Waals surface area contributed by atoms with Crippen LogP contribution in [0.15, 0.2) is 0 Å². The van der Waals surface area contributed by atoms with E-state index in [2.05, 4.69) is 11.8 Å². The molecule has 2 N–H and O–H groups in total. The van der Waals surface area contributed by atoms with E-state index in [1.54, 1.807) is 0 Å². The van der Waals surface area contributed by atoms with Crippen molar-refractivity contribution in [2.24, 2.45) is 17.6 Å². The summed E-state index contributed by atoms with van der Waals surface area (Å²) >= 11 is 0. The minimum absolute atomic E-state index is 0.389. The third-order valence-electron chi connectivity index (χ3n) is 4.39. The van der Waals surface area contributed by atoms with Crippen LogP contribution in [0.3, 0.4) is 0 Å². The summed E-state index contributed by atoms with van der Waals surface area (Å²) in [6.07, 6.45) is 2.98. The summed E-state index contributed by atoms with van der Waals surface area (Å²) in [5.41, 5.74) is 6.18. The molecular weight excluding hydrogens is 176 g/mol. The SMILES string of the molecule is CCC1CN(C2C(N)C3CCOC32)C1. The summed E-state index contributed by atoms with van der Waals surface area (Å²) in [5, 5.41) is 0. The molecule has 3 aliphatic rings. The molecule has 3 fully saturated rings. The monoisotopic (exact) mass is 196 g/mol. The van der Waals surface area contributed by atoms with Gasteiger partial charge in [0.1, 0.15) is 0 Å². The third kappa shape index (κ3) is 1.09. The lowest BCUT2D eigenvalue weighted by Gasteiger charge is -2.56.